The number of amides is 1. The van der Waals surface area contributed by atoms with Crippen LogP contribution in [-0.4, -0.2) is 80.1 Å². The first-order chi connectivity index (χ1) is 9.02. The fraction of sp³-hybridized carbons (Fsp3) is 0.917. The summed E-state index contributed by atoms with van der Waals surface area (Å²) >= 11 is 0. The van der Waals surface area contributed by atoms with E-state index in [1.54, 1.807) is 4.90 Å². The van der Waals surface area contributed by atoms with Gasteiger partial charge in [-0.25, -0.2) is 8.42 Å². The van der Waals surface area contributed by atoms with Crippen LogP contribution < -0.4 is 0 Å². The SMILES string of the molecule is O=C(C1CCS(=O)(=O)C1)N1CCCN(CCO)CC1. The molecule has 7 heteroatoms. The molecule has 0 radical (unpaired) electrons. The zero-order valence-electron chi connectivity index (χ0n) is 11.1. The molecule has 1 unspecified atom stereocenters. The Labute approximate surface area is 114 Å². The molecule has 1 atom stereocenters. The molecule has 6 nitrogen and oxygen atoms in total. The van der Waals surface area contributed by atoms with Crippen LogP contribution in [0.2, 0.25) is 0 Å². The number of aliphatic hydroxyl groups is 1. The minimum Gasteiger partial charge on any atom is -0.395 e. The molecule has 0 spiro atoms. The van der Waals surface area contributed by atoms with E-state index in [0.29, 0.717) is 26.1 Å². The Hall–Kier alpha value is -0.660. The van der Waals surface area contributed by atoms with Crippen molar-refractivity contribution in [1.82, 2.24) is 9.80 Å². The van der Waals surface area contributed by atoms with Gasteiger partial charge in [-0.1, -0.05) is 0 Å². The molecule has 110 valence electrons. The van der Waals surface area contributed by atoms with E-state index in [1.807, 2.05) is 0 Å². The lowest BCUT2D eigenvalue weighted by Gasteiger charge is -2.23. The van der Waals surface area contributed by atoms with Crippen molar-refractivity contribution in [2.75, 3.05) is 50.8 Å². The molecule has 0 aromatic rings. The number of carbonyl (C=O) groups excluding carboxylic acids is 1. The molecule has 2 aliphatic heterocycles. The molecular formula is C12H22N2O4S. The van der Waals surface area contributed by atoms with Crippen molar-refractivity contribution in [3.8, 4) is 0 Å². The lowest BCUT2D eigenvalue weighted by atomic mass is 10.1. The highest BCUT2D eigenvalue weighted by atomic mass is 32.2. The molecule has 1 N–H and O–H groups in total. The zero-order chi connectivity index (χ0) is 13.9. The number of aliphatic hydroxyl groups excluding tert-OH is 1. The van der Waals surface area contributed by atoms with Crippen molar-refractivity contribution >= 4 is 15.7 Å². The summed E-state index contributed by atoms with van der Waals surface area (Å²) in [6.07, 6.45) is 1.35. The van der Waals surface area contributed by atoms with Crippen molar-refractivity contribution in [3.63, 3.8) is 0 Å². The van der Waals surface area contributed by atoms with Crippen LogP contribution in [0.4, 0.5) is 0 Å². The van der Waals surface area contributed by atoms with Crippen LogP contribution in [0.5, 0.6) is 0 Å². The number of hydrogen-bond acceptors (Lipinski definition) is 5. The normalized spacial score (nSPS) is 28.3. The number of rotatable bonds is 3. The van der Waals surface area contributed by atoms with E-state index < -0.39 is 9.84 Å². The van der Waals surface area contributed by atoms with Crippen LogP contribution in [0, 0.1) is 5.92 Å². The third kappa shape index (κ3) is 3.90. The fourth-order valence-corrected chi connectivity index (χ4v) is 4.54. The summed E-state index contributed by atoms with van der Waals surface area (Å²) in [4.78, 5) is 16.2. The van der Waals surface area contributed by atoms with E-state index in [0.717, 1.165) is 19.5 Å². The van der Waals surface area contributed by atoms with Crippen molar-refractivity contribution in [2.45, 2.75) is 12.8 Å². The molecule has 0 saturated carbocycles. The van der Waals surface area contributed by atoms with Crippen LogP contribution in [0.1, 0.15) is 12.8 Å². The lowest BCUT2D eigenvalue weighted by Crippen LogP contribution is -2.39. The van der Waals surface area contributed by atoms with E-state index in [1.165, 1.54) is 0 Å². The molecule has 19 heavy (non-hydrogen) atoms. The van der Waals surface area contributed by atoms with Crippen LogP contribution in [0.25, 0.3) is 0 Å². The van der Waals surface area contributed by atoms with Gasteiger partial charge in [-0.3, -0.25) is 9.69 Å². The summed E-state index contributed by atoms with van der Waals surface area (Å²) in [5.41, 5.74) is 0. The van der Waals surface area contributed by atoms with Gasteiger partial charge in [0, 0.05) is 26.2 Å². The minimum absolute atomic E-state index is 0.00748. The van der Waals surface area contributed by atoms with E-state index in [-0.39, 0.29) is 29.9 Å². The van der Waals surface area contributed by atoms with Crippen molar-refractivity contribution in [1.29, 1.82) is 0 Å². The van der Waals surface area contributed by atoms with Crippen LogP contribution in [-0.2, 0) is 14.6 Å². The Morgan fingerprint density at radius 2 is 2.00 bits per heavy atom. The largest absolute Gasteiger partial charge is 0.395 e. The molecule has 2 rings (SSSR count). The fourth-order valence-electron chi connectivity index (χ4n) is 2.80. The quantitative estimate of drug-likeness (QED) is 0.717. The topological polar surface area (TPSA) is 77.9 Å². The average molecular weight is 290 g/mol. The maximum atomic E-state index is 12.3. The Balaban J connectivity index is 1.90. The van der Waals surface area contributed by atoms with E-state index >= 15 is 0 Å². The Bertz CT molecular complexity index is 423. The summed E-state index contributed by atoms with van der Waals surface area (Å²) in [6, 6.07) is 0. The van der Waals surface area contributed by atoms with Gasteiger partial charge in [0.2, 0.25) is 5.91 Å². The maximum absolute atomic E-state index is 12.3. The summed E-state index contributed by atoms with van der Waals surface area (Å²) in [7, 11) is -3.00. The summed E-state index contributed by atoms with van der Waals surface area (Å²) in [5.74, 6) is -0.183. The van der Waals surface area contributed by atoms with E-state index in [4.69, 9.17) is 5.11 Å². The van der Waals surface area contributed by atoms with Gasteiger partial charge in [0.25, 0.3) is 0 Å². The smallest absolute Gasteiger partial charge is 0.226 e. The van der Waals surface area contributed by atoms with Gasteiger partial charge in [0.05, 0.1) is 24.0 Å². The Kier molecular flexibility index (Phi) is 4.81. The predicted octanol–water partition coefficient (Wildman–Crippen LogP) is -1.05. The predicted molar refractivity (Wildman–Crippen MR) is 71.5 cm³/mol. The minimum atomic E-state index is -3.00. The molecule has 0 aromatic heterocycles. The summed E-state index contributed by atoms with van der Waals surface area (Å²) < 4.78 is 22.9. The molecule has 2 aliphatic rings. The molecule has 0 aliphatic carbocycles. The van der Waals surface area contributed by atoms with Gasteiger partial charge in [0.1, 0.15) is 0 Å². The highest BCUT2D eigenvalue weighted by Crippen LogP contribution is 2.21. The number of hydrogen-bond donors (Lipinski definition) is 1. The molecule has 2 saturated heterocycles. The molecular weight excluding hydrogens is 268 g/mol. The van der Waals surface area contributed by atoms with Crippen molar-refractivity contribution in [3.05, 3.63) is 0 Å². The van der Waals surface area contributed by atoms with Gasteiger partial charge >= 0.3 is 0 Å². The second-order valence-corrected chi connectivity index (χ2v) is 7.57. The van der Waals surface area contributed by atoms with E-state index in [9.17, 15) is 13.2 Å². The van der Waals surface area contributed by atoms with Gasteiger partial charge in [-0.2, -0.15) is 0 Å². The second-order valence-electron chi connectivity index (χ2n) is 5.34. The number of sulfone groups is 1. The van der Waals surface area contributed by atoms with Crippen molar-refractivity contribution < 1.29 is 18.3 Å². The van der Waals surface area contributed by atoms with Crippen molar-refractivity contribution in [2.24, 2.45) is 5.92 Å². The lowest BCUT2D eigenvalue weighted by molar-refractivity contribution is -0.134. The first-order valence-corrected chi connectivity index (χ1v) is 8.66. The molecule has 0 bridgehead atoms. The molecule has 0 aromatic carbocycles. The first-order valence-electron chi connectivity index (χ1n) is 6.84. The van der Waals surface area contributed by atoms with Gasteiger partial charge < -0.3 is 10.0 Å². The zero-order valence-corrected chi connectivity index (χ0v) is 11.9. The monoisotopic (exact) mass is 290 g/mol. The third-order valence-electron chi connectivity index (χ3n) is 3.90. The van der Waals surface area contributed by atoms with Crippen LogP contribution in [0.3, 0.4) is 0 Å². The van der Waals surface area contributed by atoms with Crippen LogP contribution in [0.15, 0.2) is 0 Å². The maximum Gasteiger partial charge on any atom is 0.226 e. The Morgan fingerprint density at radius 1 is 1.21 bits per heavy atom. The number of carbonyl (C=O) groups is 1. The van der Waals surface area contributed by atoms with Gasteiger partial charge in [-0.15, -0.1) is 0 Å². The van der Waals surface area contributed by atoms with Gasteiger partial charge in [-0.05, 0) is 19.4 Å². The van der Waals surface area contributed by atoms with Gasteiger partial charge in [0.15, 0.2) is 9.84 Å². The highest BCUT2D eigenvalue weighted by Gasteiger charge is 2.35. The summed E-state index contributed by atoms with van der Waals surface area (Å²) in [5, 5.41) is 8.93. The molecule has 1 amide bonds. The van der Waals surface area contributed by atoms with E-state index in [2.05, 4.69) is 4.90 Å². The molecule has 2 heterocycles. The highest BCUT2D eigenvalue weighted by molar-refractivity contribution is 7.91. The average Bonchev–Trinajstić information content (AvgIpc) is 2.59. The number of nitrogens with zero attached hydrogens (tertiary/aromatic N) is 2. The summed E-state index contributed by atoms with van der Waals surface area (Å²) in [6.45, 7) is 3.74. The second kappa shape index (κ2) is 6.19. The van der Waals surface area contributed by atoms with Crippen LogP contribution >= 0.6 is 0 Å². The first kappa shape index (κ1) is 14.7. The molecule has 2 fully saturated rings. The third-order valence-corrected chi connectivity index (χ3v) is 5.67. The standard InChI is InChI=1S/C12H22N2O4S/c15-8-7-13-3-1-4-14(6-5-13)12(16)11-2-9-19(17,18)10-11/h11,15H,1-10H2. The number of β-amino-alcohol motifs (C(OH)–C–C–N with tert-alkyl or cyclic N) is 1. The Morgan fingerprint density at radius 3 is 2.63 bits per heavy atom.